The highest BCUT2D eigenvalue weighted by molar-refractivity contribution is 6.30. The second kappa shape index (κ2) is 8.36. The summed E-state index contributed by atoms with van der Waals surface area (Å²) in [7, 11) is 0. The van der Waals surface area contributed by atoms with Crippen molar-refractivity contribution >= 4 is 23.4 Å². The van der Waals surface area contributed by atoms with Gasteiger partial charge in [0.15, 0.2) is 0 Å². The van der Waals surface area contributed by atoms with E-state index in [1.807, 2.05) is 12.1 Å². The lowest BCUT2D eigenvalue weighted by Gasteiger charge is -2.35. The van der Waals surface area contributed by atoms with E-state index in [4.69, 9.17) is 11.6 Å². The molecule has 0 spiro atoms. The van der Waals surface area contributed by atoms with Crippen LogP contribution < -0.4 is 4.90 Å². The molecule has 0 amide bonds. The predicted molar refractivity (Wildman–Crippen MR) is 105 cm³/mol. The van der Waals surface area contributed by atoms with Crippen LogP contribution in [-0.2, 0) is 6.42 Å². The van der Waals surface area contributed by atoms with Crippen LogP contribution in [0.15, 0.2) is 54.6 Å². The summed E-state index contributed by atoms with van der Waals surface area (Å²) in [6.07, 6.45) is 5.52. The first-order valence-corrected chi connectivity index (χ1v) is 9.11. The molecule has 24 heavy (non-hydrogen) atoms. The van der Waals surface area contributed by atoms with Crippen molar-refractivity contribution in [2.45, 2.75) is 13.3 Å². The SMILES string of the molecule is CCc1ccc(N2CCN(C/C=C/c3ccc(Cl)cc3)CC2)cc1. The van der Waals surface area contributed by atoms with Gasteiger partial charge in [-0.25, -0.2) is 0 Å². The predicted octanol–water partition coefficient (Wildman–Crippen LogP) is 4.74. The number of anilines is 1. The van der Waals surface area contributed by atoms with Gasteiger partial charge in [-0.2, -0.15) is 0 Å². The van der Waals surface area contributed by atoms with Gasteiger partial charge in [-0.1, -0.05) is 54.9 Å². The van der Waals surface area contributed by atoms with Crippen molar-refractivity contribution in [2.24, 2.45) is 0 Å². The number of aryl methyl sites for hydroxylation is 1. The maximum atomic E-state index is 5.91. The molecule has 0 bridgehead atoms. The van der Waals surface area contributed by atoms with Crippen LogP contribution in [0.2, 0.25) is 5.02 Å². The molecule has 1 fully saturated rings. The minimum Gasteiger partial charge on any atom is -0.369 e. The van der Waals surface area contributed by atoms with E-state index in [2.05, 4.69) is 65.3 Å². The van der Waals surface area contributed by atoms with Crippen LogP contribution in [0.1, 0.15) is 18.1 Å². The highest BCUT2D eigenvalue weighted by Crippen LogP contribution is 2.18. The monoisotopic (exact) mass is 340 g/mol. The number of piperazine rings is 1. The van der Waals surface area contributed by atoms with Gasteiger partial charge in [-0.05, 0) is 41.8 Å². The van der Waals surface area contributed by atoms with Gasteiger partial charge >= 0.3 is 0 Å². The number of hydrogen-bond donors (Lipinski definition) is 0. The Kier molecular flexibility index (Phi) is 5.95. The van der Waals surface area contributed by atoms with Crippen LogP contribution in [0.5, 0.6) is 0 Å². The Morgan fingerprint density at radius 3 is 2.21 bits per heavy atom. The van der Waals surface area contributed by atoms with E-state index in [0.29, 0.717) is 0 Å². The standard InChI is InChI=1S/C21H25ClN2/c1-2-18-7-11-21(12-8-18)24-16-14-23(15-17-24)13-3-4-19-5-9-20(22)10-6-19/h3-12H,2,13-17H2,1H3/b4-3+. The molecule has 0 aromatic heterocycles. The highest BCUT2D eigenvalue weighted by atomic mass is 35.5. The fourth-order valence-electron chi connectivity index (χ4n) is 3.04. The van der Waals surface area contributed by atoms with Crippen molar-refractivity contribution in [1.29, 1.82) is 0 Å². The maximum absolute atomic E-state index is 5.91. The van der Waals surface area contributed by atoms with Crippen LogP contribution >= 0.6 is 11.6 Å². The molecule has 2 nitrogen and oxygen atoms in total. The fraction of sp³-hybridized carbons (Fsp3) is 0.333. The van der Waals surface area contributed by atoms with E-state index in [1.54, 1.807) is 0 Å². The summed E-state index contributed by atoms with van der Waals surface area (Å²) in [4.78, 5) is 4.99. The van der Waals surface area contributed by atoms with Crippen molar-refractivity contribution in [3.8, 4) is 0 Å². The van der Waals surface area contributed by atoms with E-state index >= 15 is 0 Å². The Labute approximate surface area is 150 Å². The molecule has 0 atom stereocenters. The Balaban J connectivity index is 1.47. The Morgan fingerprint density at radius 2 is 1.58 bits per heavy atom. The van der Waals surface area contributed by atoms with Gasteiger partial charge in [0, 0.05) is 43.4 Å². The molecule has 3 rings (SSSR count). The van der Waals surface area contributed by atoms with E-state index in [0.717, 1.165) is 44.2 Å². The van der Waals surface area contributed by atoms with Gasteiger partial charge in [-0.15, -0.1) is 0 Å². The molecule has 1 aliphatic heterocycles. The molecule has 0 unspecified atom stereocenters. The summed E-state index contributed by atoms with van der Waals surface area (Å²) in [5.41, 5.74) is 3.96. The molecule has 3 heteroatoms. The zero-order valence-corrected chi connectivity index (χ0v) is 15.0. The molecule has 1 heterocycles. The molecule has 126 valence electrons. The summed E-state index contributed by atoms with van der Waals surface area (Å²) >= 11 is 5.91. The second-order valence-electron chi connectivity index (χ2n) is 6.26. The quantitative estimate of drug-likeness (QED) is 0.775. The molecule has 0 saturated carbocycles. The van der Waals surface area contributed by atoms with Gasteiger partial charge in [0.25, 0.3) is 0 Å². The van der Waals surface area contributed by atoms with Crippen molar-refractivity contribution in [2.75, 3.05) is 37.6 Å². The van der Waals surface area contributed by atoms with Crippen LogP contribution in [0.25, 0.3) is 6.08 Å². The molecule has 2 aromatic carbocycles. The Hall–Kier alpha value is -1.77. The van der Waals surface area contributed by atoms with Crippen molar-refractivity contribution in [3.05, 3.63) is 70.8 Å². The molecule has 0 radical (unpaired) electrons. The van der Waals surface area contributed by atoms with Crippen LogP contribution in [0, 0.1) is 0 Å². The van der Waals surface area contributed by atoms with Gasteiger partial charge < -0.3 is 4.90 Å². The first-order chi connectivity index (χ1) is 11.7. The summed E-state index contributed by atoms with van der Waals surface area (Å²) in [5.74, 6) is 0. The minimum absolute atomic E-state index is 0.787. The van der Waals surface area contributed by atoms with Crippen molar-refractivity contribution in [1.82, 2.24) is 4.90 Å². The van der Waals surface area contributed by atoms with E-state index < -0.39 is 0 Å². The number of rotatable bonds is 5. The Bertz CT molecular complexity index is 653. The second-order valence-corrected chi connectivity index (χ2v) is 6.70. The third-order valence-electron chi connectivity index (χ3n) is 4.63. The molecule has 1 saturated heterocycles. The van der Waals surface area contributed by atoms with E-state index in [-0.39, 0.29) is 0 Å². The average molecular weight is 341 g/mol. The average Bonchev–Trinajstić information content (AvgIpc) is 2.64. The topological polar surface area (TPSA) is 6.48 Å². The summed E-state index contributed by atoms with van der Waals surface area (Å²) < 4.78 is 0. The lowest BCUT2D eigenvalue weighted by atomic mass is 10.1. The molecule has 0 aliphatic carbocycles. The van der Waals surface area contributed by atoms with Crippen LogP contribution in [0.3, 0.4) is 0 Å². The maximum Gasteiger partial charge on any atom is 0.0406 e. The minimum atomic E-state index is 0.787. The fourth-order valence-corrected chi connectivity index (χ4v) is 3.17. The number of halogens is 1. The lowest BCUT2D eigenvalue weighted by molar-refractivity contribution is 0.284. The summed E-state index contributed by atoms with van der Waals surface area (Å²) in [6.45, 7) is 7.62. The number of hydrogen-bond acceptors (Lipinski definition) is 2. The number of benzene rings is 2. The summed E-state index contributed by atoms with van der Waals surface area (Å²) in [5, 5.41) is 0.787. The van der Waals surface area contributed by atoms with Gasteiger partial charge in [-0.3, -0.25) is 4.90 Å². The van der Waals surface area contributed by atoms with Gasteiger partial charge in [0.2, 0.25) is 0 Å². The molecular weight excluding hydrogens is 316 g/mol. The third kappa shape index (κ3) is 4.62. The third-order valence-corrected chi connectivity index (χ3v) is 4.88. The largest absolute Gasteiger partial charge is 0.369 e. The smallest absolute Gasteiger partial charge is 0.0406 e. The first-order valence-electron chi connectivity index (χ1n) is 8.73. The zero-order valence-electron chi connectivity index (χ0n) is 14.3. The highest BCUT2D eigenvalue weighted by Gasteiger charge is 2.15. The molecule has 2 aromatic rings. The molecule has 0 N–H and O–H groups in total. The molecular formula is C21H25ClN2. The Morgan fingerprint density at radius 1 is 0.917 bits per heavy atom. The van der Waals surface area contributed by atoms with E-state index in [9.17, 15) is 0 Å². The van der Waals surface area contributed by atoms with Crippen LogP contribution in [0.4, 0.5) is 5.69 Å². The summed E-state index contributed by atoms with van der Waals surface area (Å²) in [6, 6.07) is 17.0. The molecule has 1 aliphatic rings. The van der Waals surface area contributed by atoms with Gasteiger partial charge in [0.05, 0.1) is 0 Å². The lowest BCUT2D eigenvalue weighted by Crippen LogP contribution is -2.46. The van der Waals surface area contributed by atoms with Crippen LogP contribution in [-0.4, -0.2) is 37.6 Å². The van der Waals surface area contributed by atoms with E-state index in [1.165, 1.54) is 16.8 Å². The van der Waals surface area contributed by atoms with Crippen molar-refractivity contribution < 1.29 is 0 Å². The normalized spacial score (nSPS) is 16.0. The van der Waals surface area contributed by atoms with Crippen molar-refractivity contribution in [3.63, 3.8) is 0 Å². The number of nitrogens with zero attached hydrogens (tertiary/aromatic N) is 2. The van der Waals surface area contributed by atoms with Gasteiger partial charge in [0.1, 0.15) is 0 Å². The zero-order chi connectivity index (χ0) is 16.8. The first kappa shape index (κ1) is 17.1.